The Hall–Kier alpha value is -3.55. The number of amides is 2. The van der Waals surface area contributed by atoms with Crippen molar-refractivity contribution in [1.82, 2.24) is 10.6 Å². The molecule has 0 aliphatic heterocycles. The van der Waals surface area contributed by atoms with Gasteiger partial charge in [-0.05, 0) is 49.9 Å². The lowest BCUT2D eigenvalue weighted by Crippen LogP contribution is -2.55. The van der Waals surface area contributed by atoms with E-state index in [1.165, 1.54) is 6.92 Å². The van der Waals surface area contributed by atoms with E-state index in [2.05, 4.69) is 10.6 Å². The minimum atomic E-state index is -1.39. The van der Waals surface area contributed by atoms with Crippen molar-refractivity contribution < 1.29 is 29.0 Å². The highest BCUT2D eigenvalue weighted by Gasteiger charge is 2.32. The number of carbonyl (C=O) groups is 3. The number of carbonyl (C=O) groups excluding carboxylic acids is 2. The molecule has 0 bridgehead atoms. The van der Waals surface area contributed by atoms with E-state index in [4.69, 9.17) is 9.47 Å². The normalized spacial score (nSPS) is 14.5. The molecule has 1 aliphatic carbocycles. The van der Waals surface area contributed by atoms with Crippen molar-refractivity contribution in [2.24, 2.45) is 0 Å². The summed E-state index contributed by atoms with van der Waals surface area (Å²) >= 11 is 0. The first kappa shape index (κ1) is 23.1. The quantitative estimate of drug-likeness (QED) is 0.628. The van der Waals surface area contributed by atoms with E-state index >= 15 is 0 Å². The minimum absolute atomic E-state index is 0.0556. The van der Waals surface area contributed by atoms with Crippen LogP contribution in [0, 0.1) is 0 Å². The van der Waals surface area contributed by atoms with Gasteiger partial charge in [0.1, 0.15) is 18.2 Å². The van der Waals surface area contributed by atoms with E-state index in [1.807, 2.05) is 48.5 Å². The van der Waals surface area contributed by atoms with Crippen molar-refractivity contribution in [1.29, 1.82) is 0 Å². The van der Waals surface area contributed by atoms with Gasteiger partial charge in [0, 0.05) is 5.92 Å². The van der Waals surface area contributed by atoms with Crippen LogP contribution in [0.3, 0.4) is 0 Å². The highest BCUT2D eigenvalue weighted by molar-refractivity contribution is 5.82. The molecule has 8 heteroatoms. The molecule has 2 amide bonds. The Bertz CT molecular complexity index is 968. The zero-order chi connectivity index (χ0) is 23.5. The summed E-state index contributed by atoms with van der Waals surface area (Å²) in [6.07, 6.45) is -1.65. The number of ether oxygens (including phenoxy) is 2. The molecule has 2 aromatic rings. The Morgan fingerprint density at radius 3 is 1.97 bits per heavy atom. The third-order valence-corrected chi connectivity index (χ3v) is 5.13. The average molecular weight is 440 g/mol. The summed E-state index contributed by atoms with van der Waals surface area (Å²) in [5.74, 6) is -1.45. The van der Waals surface area contributed by atoms with E-state index in [9.17, 15) is 19.5 Å². The molecule has 0 heterocycles. The monoisotopic (exact) mass is 440 g/mol. The van der Waals surface area contributed by atoms with Gasteiger partial charge in [-0.1, -0.05) is 48.5 Å². The summed E-state index contributed by atoms with van der Waals surface area (Å²) in [5.41, 5.74) is 3.56. The first-order chi connectivity index (χ1) is 15.1. The summed E-state index contributed by atoms with van der Waals surface area (Å²) in [5, 5.41) is 14.3. The Balaban J connectivity index is 1.63. The largest absolute Gasteiger partial charge is 0.480 e. The second-order valence-corrected chi connectivity index (χ2v) is 8.72. The van der Waals surface area contributed by atoms with E-state index < -0.39 is 35.8 Å². The Morgan fingerprint density at radius 2 is 1.47 bits per heavy atom. The average Bonchev–Trinajstić information content (AvgIpc) is 3.02. The number of nitrogens with one attached hydrogen (secondary N) is 2. The summed E-state index contributed by atoms with van der Waals surface area (Å²) in [6.45, 7) is 6.61. The number of aliphatic carboxylic acids is 1. The number of alkyl carbamates (subject to hydrolysis) is 2. The number of carboxylic acids is 1. The van der Waals surface area contributed by atoms with Crippen molar-refractivity contribution >= 4 is 18.2 Å². The number of rotatable bonds is 6. The second kappa shape index (κ2) is 9.30. The minimum Gasteiger partial charge on any atom is -0.480 e. The summed E-state index contributed by atoms with van der Waals surface area (Å²) in [6, 6.07) is 13.5. The predicted molar refractivity (Wildman–Crippen MR) is 118 cm³/mol. The molecule has 3 N–H and O–H groups in total. The maximum Gasteiger partial charge on any atom is 0.407 e. The van der Waals surface area contributed by atoms with Crippen LogP contribution in [0.5, 0.6) is 0 Å². The van der Waals surface area contributed by atoms with Gasteiger partial charge >= 0.3 is 18.2 Å². The lowest BCUT2D eigenvalue weighted by atomic mass is 9.98. The van der Waals surface area contributed by atoms with Crippen molar-refractivity contribution in [2.45, 2.75) is 51.3 Å². The van der Waals surface area contributed by atoms with Gasteiger partial charge < -0.3 is 25.2 Å². The molecule has 0 radical (unpaired) electrons. The Kier molecular flexibility index (Phi) is 6.72. The van der Waals surface area contributed by atoms with Crippen LogP contribution >= 0.6 is 0 Å². The molecule has 0 fully saturated rings. The van der Waals surface area contributed by atoms with Gasteiger partial charge in [-0.3, -0.25) is 0 Å². The van der Waals surface area contributed by atoms with Gasteiger partial charge in [0.05, 0.1) is 6.04 Å². The van der Waals surface area contributed by atoms with E-state index in [1.54, 1.807) is 20.8 Å². The number of carboxylic acid groups (broad SMARTS) is 1. The third kappa shape index (κ3) is 5.38. The van der Waals surface area contributed by atoms with Crippen molar-refractivity contribution in [2.75, 3.05) is 6.61 Å². The molecule has 0 saturated carbocycles. The van der Waals surface area contributed by atoms with Gasteiger partial charge in [-0.15, -0.1) is 0 Å². The highest BCUT2D eigenvalue weighted by Crippen LogP contribution is 2.44. The summed E-state index contributed by atoms with van der Waals surface area (Å²) in [4.78, 5) is 36.0. The number of benzene rings is 2. The van der Waals surface area contributed by atoms with Crippen molar-refractivity contribution in [3.05, 3.63) is 59.7 Å². The van der Waals surface area contributed by atoms with Crippen LogP contribution in [0.25, 0.3) is 11.1 Å². The number of hydrogen-bond donors (Lipinski definition) is 3. The first-order valence-electron chi connectivity index (χ1n) is 10.4. The fraction of sp³-hybridized carbons (Fsp3) is 0.375. The van der Waals surface area contributed by atoms with E-state index in [-0.39, 0.29) is 12.5 Å². The highest BCUT2D eigenvalue weighted by atomic mass is 16.6. The molecule has 8 nitrogen and oxygen atoms in total. The van der Waals surface area contributed by atoms with Gasteiger partial charge in [0.15, 0.2) is 0 Å². The molecule has 170 valence electrons. The topological polar surface area (TPSA) is 114 Å². The molecular formula is C24H28N2O6. The zero-order valence-electron chi connectivity index (χ0n) is 18.5. The molecule has 0 saturated heterocycles. The number of fused-ring (bicyclic) bond motifs is 3. The molecular weight excluding hydrogens is 412 g/mol. The van der Waals surface area contributed by atoms with Gasteiger partial charge in [0.25, 0.3) is 0 Å². The summed E-state index contributed by atoms with van der Waals surface area (Å²) < 4.78 is 10.5. The number of hydrogen-bond acceptors (Lipinski definition) is 5. The second-order valence-electron chi connectivity index (χ2n) is 8.72. The van der Waals surface area contributed by atoms with E-state index in [0.29, 0.717) is 0 Å². The van der Waals surface area contributed by atoms with Crippen LogP contribution in [0.4, 0.5) is 9.59 Å². The fourth-order valence-electron chi connectivity index (χ4n) is 3.74. The van der Waals surface area contributed by atoms with E-state index in [0.717, 1.165) is 22.3 Å². The van der Waals surface area contributed by atoms with Crippen LogP contribution in [0.2, 0.25) is 0 Å². The predicted octanol–water partition coefficient (Wildman–Crippen LogP) is 3.89. The maximum absolute atomic E-state index is 12.4. The standard InChI is InChI=1S/C24H28N2O6/c1-14(25-23(30)32-24(2,3)4)20(21(27)28)26-22(29)31-13-19-17-11-7-5-9-15(17)16-10-6-8-12-18(16)19/h5-12,14,19-20H,13H2,1-4H3,(H,25,30)(H,26,29)(H,27,28). The Morgan fingerprint density at radius 1 is 0.938 bits per heavy atom. The smallest absolute Gasteiger partial charge is 0.407 e. The Labute approximate surface area is 186 Å². The van der Waals surface area contributed by atoms with Gasteiger partial charge in [0.2, 0.25) is 0 Å². The molecule has 2 aromatic carbocycles. The molecule has 0 spiro atoms. The molecule has 32 heavy (non-hydrogen) atoms. The lowest BCUT2D eigenvalue weighted by Gasteiger charge is -2.25. The van der Waals surface area contributed by atoms with Crippen LogP contribution in [-0.2, 0) is 14.3 Å². The summed E-state index contributed by atoms with van der Waals surface area (Å²) in [7, 11) is 0. The SMILES string of the molecule is CC(NC(=O)OC(C)(C)C)C(NC(=O)OCC1c2ccccc2-c2ccccc21)C(=O)O. The van der Waals surface area contributed by atoms with Crippen molar-refractivity contribution in [3.8, 4) is 11.1 Å². The van der Waals surface area contributed by atoms with Gasteiger partial charge in [-0.25, -0.2) is 14.4 Å². The molecule has 0 aromatic heterocycles. The molecule has 1 aliphatic rings. The maximum atomic E-state index is 12.4. The van der Waals surface area contributed by atoms with Crippen molar-refractivity contribution in [3.63, 3.8) is 0 Å². The third-order valence-electron chi connectivity index (χ3n) is 5.13. The zero-order valence-corrected chi connectivity index (χ0v) is 18.5. The van der Waals surface area contributed by atoms with Crippen LogP contribution < -0.4 is 10.6 Å². The van der Waals surface area contributed by atoms with Crippen LogP contribution in [-0.4, -0.2) is 47.6 Å². The fourth-order valence-corrected chi connectivity index (χ4v) is 3.74. The molecule has 2 atom stereocenters. The first-order valence-corrected chi connectivity index (χ1v) is 10.4. The van der Waals surface area contributed by atoms with Gasteiger partial charge in [-0.2, -0.15) is 0 Å². The lowest BCUT2D eigenvalue weighted by molar-refractivity contribution is -0.140. The molecule has 3 rings (SSSR count). The van der Waals surface area contributed by atoms with Crippen LogP contribution in [0.1, 0.15) is 44.7 Å². The molecule has 2 unspecified atom stereocenters. The van der Waals surface area contributed by atoms with Crippen LogP contribution in [0.15, 0.2) is 48.5 Å².